The minimum Gasteiger partial charge on any atom is -0.496 e. The van der Waals surface area contributed by atoms with Crippen LogP contribution in [0, 0.1) is 10.1 Å². The van der Waals surface area contributed by atoms with Gasteiger partial charge in [0.15, 0.2) is 6.10 Å². The van der Waals surface area contributed by atoms with Crippen LogP contribution < -0.4 is 4.74 Å². The minimum atomic E-state index is -0.743. The SMILES string of the molecule is C=CCOC(C)C(=O)OCc1cc([N+](=O)[O-])ccc1OC. The Bertz CT molecular complexity index is 528. The Morgan fingerprint density at radius 2 is 2.24 bits per heavy atom. The van der Waals surface area contributed by atoms with E-state index >= 15 is 0 Å². The third-order valence-corrected chi connectivity index (χ3v) is 2.64. The van der Waals surface area contributed by atoms with Crippen LogP contribution in [0.5, 0.6) is 5.75 Å². The zero-order valence-corrected chi connectivity index (χ0v) is 11.9. The number of ether oxygens (including phenoxy) is 3. The molecule has 0 saturated carbocycles. The molecule has 0 aliphatic rings. The molecule has 0 aliphatic heterocycles. The fourth-order valence-corrected chi connectivity index (χ4v) is 1.54. The summed E-state index contributed by atoms with van der Waals surface area (Å²) in [5.74, 6) is -0.154. The van der Waals surface area contributed by atoms with Crippen molar-refractivity contribution in [1.29, 1.82) is 0 Å². The molecule has 0 N–H and O–H groups in total. The summed E-state index contributed by atoms with van der Waals surface area (Å²) in [6, 6.07) is 4.08. The summed E-state index contributed by atoms with van der Waals surface area (Å²) in [6.07, 6.45) is 0.778. The number of carbonyl (C=O) groups is 1. The van der Waals surface area contributed by atoms with Gasteiger partial charge in [0.25, 0.3) is 5.69 Å². The van der Waals surface area contributed by atoms with Crippen LogP contribution in [0.25, 0.3) is 0 Å². The maximum atomic E-state index is 11.7. The molecule has 21 heavy (non-hydrogen) atoms. The van der Waals surface area contributed by atoms with Gasteiger partial charge < -0.3 is 14.2 Å². The van der Waals surface area contributed by atoms with Gasteiger partial charge in [0.1, 0.15) is 12.4 Å². The quantitative estimate of drug-likeness (QED) is 0.316. The van der Waals surface area contributed by atoms with Crippen LogP contribution in [0.2, 0.25) is 0 Å². The molecule has 0 heterocycles. The number of methoxy groups -OCH3 is 1. The molecule has 1 aromatic carbocycles. The summed E-state index contributed by atoms with van der Waals surface area (Å²) >= 11 is 0. The number of hydrogen-bond acceptors (Lipinski definition) is 6. The highest BCUT2D eigenvalue weighted by atomic mass is 16.6. The first-order chi connectivity index (χ1) is 9.99. The fraction of sp³-hybridized carbons (Fsp3) is 0.357. The maximum Gasteiger partial charge on any atom is 0.335 e. The van der Waals surface area contributed by atoms with E-state index in [0.717, 1.165) is 0 Å². The average Bonchev–Trinajstić information content (AvgIpc) is 2.49. The predicted molar refractivity (Wildman–Crippen MR) is 75.1 cm³/mol. The van der Waals surface area contributed by atoms with Crippen molar-refractivity contribution in [3.05, 3.63) is 46.5 Å². The van der Waals surface area contributed by atoms with Gasteiger partial charge in [-0.3, -0.25) is 10.1 Å². The van der Waals surface area contributed by atoms with Crippen molar-refractivity contribution in [2.75, 3.05) is 13.7 Å². The number of rotatable bonds is 8. The Labute approximate surface area is 122 Å². The van der Waals surface area contributed by atoms with Crippen molar-refractivity contribution in [3.8, 4) is 5.75 Å². The van der Waals surface area contributed by atoms with Gasteiger partial charge in [-0.25, -0.2) is 4.79 Å². The van der Waals surface area contributed by atoms with Crippen LogP contribution in [0.15, 0.2) is 30.9 Å². The van der Waals surface area contributed by atoms with Gasteiger partial charge in [-0.1, -0.05) is 6.08 Å². The molecular weight excluding hydrogens is 278 g/mol. The molecular formula is C14H17NO6. The molecule has 1 rings (SSSR count). The van der Waals surface area contributed by atoms with Gasteiger partial charge in [0, 0.05) is 17.7 Å². The molecule has 1 atom stereocenters. The van der Waals surface area contributed by atoms with Gasteiger partial charge in [0.2, 0.25) is 0 Å². The molecule has 0 radical (unpaired) electrons. The Kier molecular flexibility index (Phi) is 6.35. The van der Waals surface area contributed by atoms with Crippen molar-refractivity contribution in [2.24, 2.45) is 0 Å². The van der Waals surface area contributed by atoms with E-state index in [-0.39, 0.29) is 18.9 Å². The summed E-state index contributed by atoms with van der Waals surface area (Å²) in [5.41, 5.74) is 0.314. The number of benzene rings is 1. The summed E-state index contributed by atoms with van der Waals surface area (Å²) in [5, 5.41) is 10.7. The maximum absolute atomic E-state index is 11.7. The number of nitro groups is 1. The normalized spacial score (nSPS) is 11.5. The van der Waals surface area contributed by atoms with Crippen LogP contribution in [-0.4, -0.2) is 30.7 Å². The second kappa shape index (κ2) is 8.01. The fourth-order valence-electron chi connectivity index (χ4n) is 1.54. The Morgan fingerprint density at radius 3 is 2.81 bits per heavy atom. The third-order valence-electron chi connectivity index (χ3n) is 2.64. The van der Waals surface area contributed by atoms with E-state index in [1.54, 1.807) is 6.92 Å². The second-order valence-electron chi connectivity index (χ2n) is 4.13. The van der Waals surface area contributed by atoms with E-state index in [2.05, 4.69) is 6.58 Å². The standard InChI is InChI=1S/C14H17NO6/c1-4-7-20-10(2)14(16)21-9-11-8-12(15(17)18)5-6-13(11)19-3/h4-6,8,10H,1,7,9H2,2-3H3. The average molecular weight is 295 g/mol. The minimum absolute atomic E-state index is 0.0993. The van der Waals surface area contributed by atoms with Gasteiger partial charge in [-0.2, -0.15) is 0 Å². The molecule has 0 bridgehead atoms. The predicted octanol–water partition coefficient (Wildman–Crippen LogP) is 2.24. The van der Waals surface area contributed by atoms with E-state index in [1.807, 2.05) is 0 Å². The smallest absolute Gasteiger partial charge is 0.335 e. The number of nitrogens with zero attached hydrogens (tertiary/aromatic N) is 1. The summed E-state index contributed by atoms with van der Waals surface area (Å²) in [4.78, 5) is 21.9. The molecule has 0 aromatic heterocycles. The summed E-state index contributed by atoms with van der Waals surface area (Å²) < 4.78 is 15.3. The Morgan fingerprint density at radius 1 is 1.52 bits per heavy atom. The number of non-ortho nitro benzene ring substituents is 1. The number of hydrogen-bond donors (Lipinski definition) is 0. The third kappa shape index (κ3) is 4.88. The van der Waals surface area contributed by atoms with Crippen molar-refractivity contribution in [2.45, 2.75) is 19.6 Å². The van der Waals surface area contributed by atoms with Crippen molar-refractivity contribution < 1.29 is 23.9 Å². The highest BCUT2D eigenvalue weighted by Crippen LogP contribution is 2.24. The van der Waals surface area contributed by atoms with E-state index in [0.29, 0.717) is 11.3 Å². The van der Waals surface area contributed by atoms with Crippen LogP contribution in [0.3, 0.4) is 0 Å². The number of nitro benzene ring substituents is 1. The molecule has 0 saturated heterocycles. The summed E-state index contributed by atoms with van der Waals surface area (Å²) in [6.45, 7) is 5.13. The first-order valence-corrected chi connectivity index (χ1v) is 6.20. The lowest BCUT2D eigenvalue weighted by atomic mass is 10.2. The highest BCUT2D eigenvalue weighted by molar-refractivity contribution is 5.74. The first kappa shape index (κ1) is 16.6. The Balaban J connectivity index is 2.73. The molecule has 0 spiro atoms. The van der Waals surface area contributed by atoms with E-state index in [4.69, 9.17) is 14.2 Å². The van der Waals surface area contributed by atoms with E-state index < -0.39 is 17.0 Å². The van der Waals surface area contributed by atoms with Crippen molar-refractivity contribution >= 4 is 11.7 Å². The molecule has 7 heteroatoms. The largest absolute Gasteiger partial charge is 0.496 e. The molecule has 0 fully saturated rings. The summed E-state index contributed by atoms with van der Waals surface area (Å²) in [7, 11) is 1.43. The van der Waals surface area contributed by atoms with E-state index in [9.17, 15) is 14.9 Å². The lowest BCUT2D eigenvalue weighted by Crippen LogP contribution is -2.23. The lowest BCUT2D eigenvalue weighted by Gasteiger charge is -2.13. The Hall–Kier alpha value is -2.41. The molecule has 114 valence electrons. The zero-order valence-electron chi connectivity index (χ0n) is 11.9. The van der Waals surface area contributed by atoms with Crippen LogP contribution in [-0.2, 0) is 20.9 Å². The first-order valence-electron chi connectivity index (χ1n) is 6.20. The molecule has 1 unspecified atom stereocenters. The van der Waals surface area contributed by atoms with Gasteiger partial charge >= 0.3 is 5.97 Å². The van der Waals surface area contributed by atoms with Gasteiger partial charge in [0.05, 0.1) is 18.6 Å². The molecule has 0 aliphatic carbocycles. The van der Waals surface area contributed by atoms with Gasteiger partial charge in [-0.05, 0) is 13.0 Å². The number of carbonyl (C=O) groups excluding carboxylic acids is 1. The highest BCUT2D eigenvalue weighted by Gasteiger charge is 2.17. The second-order valence-corrected chi connectivity index (χ2v) is 4.13. The van der Waals surface area contributed by atoms with Crippen LogP contribution in [0.1, 0.15) is 12.5 Å². The van der Waals surface area contributed by atoms with Gasteiger partial charge in [-0.15, -0.1) is 6.58 Å². The monoisotopic (exact) mass is 295 g/mol. The van der Waals surface area contributed by atoms with Crippen LogP contribution in [0.4, 0.5) is 5.69 Å². The lowest BCUT2D eigenvalue weighted by molar-refractivity contribution is -0.385. The molecule has 0 amide bonds. The van der Waals surface area contributed by atoms with Crippen LogP contribution >= 0.6 is 0 Å². The molecule has 1 aromatic rings. The molecule has 7 nitrogen and oxygen atoms in total. The topological polar surface area (TPSA) is 87.9 Å². The number of esters is 1. The van der Waals surface area contributed by atoms with E-state index in [1.165, 1.54) is 31.4 Å². The zero-order chi connectivity index (χ0) is 15.8. The van der Waals surface area contributed by atoms with Crippen molar-refractivity contribution in [3.63, 3.8) is 0 Å². The van der Waals surface area contributed by atoms with Crippen molar-refractivity contribution in [1.82, 2.24) is 0 Å².